The summed E-state index contributed by atoms with van der Waals surface area (Å²) in [6, 6.07) is 6.22. The number of ether oxygens (including phenoxy) is 1. The number of carboxylic acid groups (broad SMARTS) is 1. The average molecular weight is 294 g/mol. The summed E-state index contributed by atoms with van der Waals surface area (Å²) < 4.78 is 30.8. The molecular formula is C14H12F2N2O3. The summed E-state index contributed by atoms with van der Waals surface area (Å²) in [5.74, 6) is -1.14. The lowest BCUT2D eigenvalue weighted by Crippen LogP contribution is -2.09. The number of alkyl halides is 2. The first kappa shape index (κ1) is 13.5. The van der Waals surface area contributed by atoms with Crippen LogP contribution < -0.4 is 4.74 Å². The van der Waals surface area contributed by atoms with Crippen LogP contribution >= 0.6 is 0 Å². The number of aromatic carboxylic acids is 1. The number of para-hydroxylation sites is 2. The Labute approximate surface area is 118 Å². The van der Waals surface area contributed by atoms with Gasteiger partial charge in [0.25, 0.3) is 0 Å². The highest BCUT2D eigenvalue weighted by molar-refractivity contribution is 5.87. The molecule has 0 aliphatic heterocycles. The summed E-state index contributed by atoms with van der Waals surface area (Å²) >= 11 is 0. The van der Waals surface area contributed by atoms with E-state index in [1.807, 2.05) is 0 Å². The molecule has 7 heteroatoms. The van der Waals surface area contributed by atoms with Gasteiger partial charge in [-0.25, -0.2) is 9.48 Å². The van der Waals surface area contributed by atoms with Gasteiger partial charge in [0.05, 0.1) is 0 Å². The van der Waals surface area contributed by atoms with Crippen LogP contribution in [0, 0.1) is 0 Å². The SMILES string of the molecule is O=C(O)c1nn(-c2ccccc2OC(F)F)c2c1CCC2. The van der Waals surface area contributed by atoms with Gasteiger partial charge >= 0.3 is 12.6 Å². The number of nitrogens with zero attached hydrogens (tertiary/aromatic N) is 2. The molecule has 0 saturated carbocycles. The van der Waals surface area contributed by atoms with E-state index < -0.39 is 12.6 Å². The van der Waals surface area contributed by atoms with E-state index in [0.29, 0.717) is 24.1 Å². The Kier molecular flexibility index (Phi) is 3.32. The predicted molar refractivity (Wildman–Crippen MR) is 69.2 cm³/mol. The van der Waals surface area contributed by atoms with Gasteiger partial charge in [0.1, 0.15) is 5.69 Å². The van der Waals surface area contributed by atoms with Crippen LogP contribution in [-0.4, -0.2) is 27.5 Å². The van der Waals surface area contributed by atoms with E-state index in [2.05, 4.69) is 9.84 Å². The van der Waals surface area contributed by atoms with Crippen molar-refractivity contribution in [1.29, 1.82) is 0 Å². The van der Waals surface area contributed by atoms with Crippen molar-refractivity contribution in [2.24, 2.45) is 0 Å². The Bertz CT molecular complexity index is 698. The smallest absolute Gasteiger partial charge is 0.387 e. The summed E-state index contributed by atoms with van der Waals surface area (Å²) in [6.45, 7) is -2.95. The molecule has 1 aromatic carbocycles. The maximum Gasteiger partial charge on any atom is 0.387 e. The molecule has 1 heterocycles. The van der Waals surface area contributed by atoms with Crippen molar-refractivity contribution < 1.29 is 23.4 Å². The van der Waals surface area contributed by atoms with Crippen LogP contribution in [0.1, 0.15) is 28.2 Å². The molecular weight excluding hydrogens is 282 g/mol. The van der Waals surface area contributed by atoms with Gasteiger partial charge in [0, 0.05) is 11.3 Å². The summed E-state index contributed by atoms with van der Waals surface area (Å²) in [6.07, 6.45) is 2.12. The van der Waals surface area contributed by atoms with E-state index in [9.17, 15) is 18.7 Å². The third-order valence-electron chi connectivity index (χ3n) is 3.44. The molecule has 0 saturated heterocycles. The molecule has 3 rings (SSSR count). The third-order valence-corrected chi connectivity index (χ3v) is 3.44. The highest BCUT2D eigenvalue weighted by Crippen LogP contribution is 2.31. The number of benzene rings is 1. The molecule has 0 unspecified atom stereocenters. The lowest BCUT2D eigenvalue weighted by Gasteiger charge is -2.12. The zero-order valence-electron chi connectivity index (χ0n) is 10.9. The van der Waals surface area contributed by atoms with E-state index in [0.717, 1.165) is 12.1 Å². The Hall–Kier alpha value is -2.44. The van der Waals surface area contributed by atoms with Gasteiger partial charge in [-0.05, 0) is 31.4 Å². The van der Waals surface area contributed by atoms with Gasteiger partial charge in [-0.15, -0.1) is 0 Å². The molecule has 0 spiro atoms. The lowest BCUT2D eigenvalue weighted by molar-refractivity contribution is -0.0499. The molecule has 0 bridgehead atoms. The molecule has 2 aromatic rings. The van der Waals surface area contributed by atoms with Crippen LogP contribution in [0.5, 0.6) is 5.75 Å². The molecule has 1 aromatic heterocycles. The average Bonchev–Trinajstić information content (AvgIpc) is 3.00. The maximum atomic E-state index is 12.5. The number of aromatic nitrogens is 2. The second kappa shape index (κ2) is 5.16. The molecule has 0 fully saturated rings. The Morgan fingerprint density at radius 2 is 2.10 bits per heavy atom. The summed E-state index contributed by atoms with van der Waals surface area (Å²) in [4.78, 5) is 11.2. The van der Waals surface area contributed by atoms with Crippen LogP contribution in [0.4, 0.5) is 8.78 Å². The molecule has 0 amide bonds. The number of hydrogen-bond donors (Lipinski definition) is 1. The highest BCUT2D eigenvalue weighted by Gasteiger charge is 2.27. The number of rotatable bonds is 4. The number of hydrogen-bond acceptors (Lipinski definition) is 3. The van der Waals surface area contributed by atoms with Gasteiger partial charge in [-0.1, -0.05) is 12.1 Å². The fourth-order valence-corrected chi connectivity index (χ4v) is 2.64. The molecule has 21 heavy (non-hydrogen) atoms. The minimum Gasteiger partial charge on any atom is -0.476 e. The van der Waals surface area contributed by atoms with Crippen molar-refractivity contribution >= 4 is 5.97 Å². The van der Waals surface area contributed by atoms with Gasteiger partial charge in [-0.3, -0.25) is 0 Å². The first-order chi connectivity index (χ1) is 10.1. The molecule has 1 aliphatic rings. The van der Waals surface area contributed by atoms with E-state index in [1.54, 1.807) is 18.2 Å². The lowest BCUT2D eigenvalue weighted by atomic mass is 10.2. The Morgan fingerprint density at radius 1 is 1.33 bits per heavy atom. The zero-order valence-corrected chi connectivity index (χ0v) is 10.9. The van der Waals surface area contributed by atoms with Crippen molar-refractivity contribution in [3.05, 3.63) is 41.2 Å². The second-order valence-corrected chi connectivity index (χ2v) is 4.69. The van der Waals surface area contributed by atoms with Crippen LogP contribution in [-0.2, 0) is 12.8 Å². The fourth-order valence-electron chi connectivity index (χ4n) is 2.64. The minimum absolute atomic E-state index is 0.0191. The summed E-state index contributed by atoms with van der Waals surface area (Å²) in [7, 11) is 0. The number of halogens is 2. The number of carboxylic acids is 1. The Balaban J connectivity index is 2.14. The Morgan fingerprint density at radius 3 is 2.81 bits per heavy atom. The highest BCUT2D eigenvalue weighted by atomic mass is 19.3. The molecule has 0 atom stereocenters. The first-order valence-electron chi connectivity index (χ1n) is 6.46. The van der Waals surface area contributed by atoms with Gasteiger partial charge < -0.3 is 9.84 Å². The molecule has 5 nitrogen and oxygen atoms in total. The molecule has 1 aliphatic carbocycles. The third kappa shape index (κ3) is 2.35. The van der Waals surface area contributed by atoms with E-state index in [4.69, 9.17) is 0 Å². The van der Waals surface area contributed by atoms with Crippen LogP contribution in [0.25, 0.3) is 5.69 Å². The normalized spacial score (nSPS) is 13.5. The van der Waals surface area contributed by atoms with Crippen molar-refractivity contribution in [3.8, 4) is 11.4 Å². The minimum atomic E-state index is -2.95. The van der Waals surface area contributed by atoms with Crippen molar-refractivity contribution in [1.82, 2.24) is 9.78 Å². The van der Waals surface area contributed by atoms with Crippen molar-refractivity contribution in [3.63, 3.8) is 0 Å². The van der Waals surface area contributed by atoms with Crippen LogP contribution in [0.3, 0.4) is 0 Å². The standard InChI is InChI=1S/C14H12F2N2O3/c15-14(16)21-11-7-2-1-5-10(11)18-9-6-3-4-8(9)12(17-18)13(19)20/h1-2,5,7,14H,3-4,6H2,(H,19,20). The van der Waals surface area contributed by atoms with Crippen molar-refractivity contribution in [2.75, 3.05) is 0 Å². The largest absolute Gasteiger partial charge is 0.476 e. The van der Waals surface area contributed by atoms with Gasteiger partial charge in [-0.2, -0.15) is 13.9 Å². The summed E-state index contributed by atoms with van der Waals surface area (Å²) in [5.41, 5.74) is 1.73. The van der Waals surface area contributed by atoms with Crippen LogP contribution in [0.2, 0.25) is 0 Å². The number of fused-ring (bicyclic) bond motifs is 1. The molecule has 0 radical (unpaired) electrons. The van der Waals surface area contributed by atoms with Gasteiger partial charge in [0.15, 0.2) is 11.4 Å². The predicted octanol–water partition coefficient (Wildman–Crippen LogP) is 2.66. The van der Waals surface area contributed by atoms with E-state index in [-0.39, 0.29) is 11.4 Å². The van der Waals surface area contributed by atoms with Gasteiger partial charge in [0.2, 0.25) is 0 Å². The number of carbonyl (C=O) groups is 1. The molecule has 110 valence electrons. The van der Waals surface area contributed by atoms with E-state index >= 15 is 0 Å². The fraction of sp³-hybridized carbons (Fsp3) is 0.286. The monoisotopic (exact) mass is 294 g/mol. The molecule has 1 N–H and O–H groups in total. The van der Waals surface area contributed by atoms with E-state index in [1.165, 1.54) is 10.7 Å². The summed E-state index contributed by atoms with van der Waals surface area (Å²) in [5, 5.41) is 13.3. The maximum absolute atomic E-state index is 12.5. The van der Waals surface area contributed by atoms with Crippen LogP contribution in [0.15, 0.2) is 24.3 Å². The topological polar surface area (TPSA) is 64.3 Å². The van der Waals surface area contributed by atoms with Crippen molar-refractivity contribution in [2.45, 2.75) is 25.9 Å². The first-order valence-corrected chi connectivity index (χ1v) is 6.46. The zero-order chi connectivity index (χ0) is 15.0. The second-order valence-electron chi connectivity index (χ2n) is 4.69. The quantitative estimate of drug-likeness (QED) is 0.941.